The van der Waals surface area contributed by atoms with Crippen LogP contribution in [0.4, 0.5) is 8.78 Å². The van der Waals surface area contributed by atoms with E-state index in [1.165, 1.54) is 11.0 Å². The molecule has 0 spiro atoms. The fourth-order valence-electron chi connectivity index (χ4n) is 1.44. The molecule has 5 heteroatoms. The third kappa shape index (κ3) is 3.78. The monoisotopic (exact) mass is 242 g/mol. The molecule has 0 bridgehead atoms. The Morgan fingerprint density at radius 1 is 1.35 bits per heavy atom. The van der Waals surface area contributed by atoms with Crippen LogP contribution in [0.3, 0.4) is 0 Å². The molecule has 0 aromatic heterocycles. The summed E-state index contributed by atoms with van der Waals surface area (Å²) < 4.78 is 26.6. The highest BCUT2D eigenvalue weighted by atomic mass is 19.1. The standard InChI is InChI=1S/C12H16F2N2O/c1-16(7-3-6-15)12(17)8-9-10(13)4-2-5-11(9)14/h2,4-5H,3,6-8,15H2,1H3. The minimum atomic E-state index is -0.689. The van der Waals surface area contributed by atoms with Gasteiger partial charge in [-0.3, -0.25) is 4.79 Å². The summed E-state index contributed by atoms with van der Waals surface area (Å²) in [5, 5.41) is 0. The smallest absolute Gasteiger partial charge is 0.226 e. The highest BCUT2D eigenvalue weighted by Gasteiger charge is 2.15. The number of nitrogens with zero attached hydrogens (tertiary/aromatic N) is 1. The molecule has 0 atom stereocenters. The Kier molecular flexibility index (Phi) is 5.03. The number of nitrogens with two attached hydrogens (primary N) is 1. The van der Waals surface area contributed by atoms with Crippen molar-refractivity contribution in [2.24, 2.45) is 5.73 Å². The van der Waals surface area contributed by atoms with Gasteiger partial charge in [0.15, 0.2) is 0 Å². The van der Waals surface area contributed by atoms with E-state index in [1.54, 1.807) is 7.05 Å². The van der Waals surface area contributed by atoms with E-state index in [9.17, 15) is 13.6 Å². The van der Waals surface area contributed by atoms with Crippen LogP contribution in [0, 0.1) is 11.6 Å². The molecule has 2 N–H and O–H groups in total. The lowest BCUT2D eigenvalue weighted by Crippen LogP contribution is -2.30. The van der Waals surface area contributed by atoms with Crippen molar-refractivity contribution in [2.75, 3.05) is 20.1 Å². The van der Waals surface area contributed by atoms with Crippen molar-refractivity contribution in [3.8, 4) is 0 Å². The third-order valence-corrected chi connectivity index (χ3v) is 2.51. The van der Waals surface area contributed by atoms with Crippen molar-refractivity contribution in [3.05, 3.63) is 35.4 Å². The second-order valence-corrected chi connectivity index (χ2v) is 3.83. The maximum absolute atomic E-state index is 13.3. The Bertz CT molecular complexity index is 376. The lowest BCUT2D eigenvalue weighted by molar-refractivity contribution is -0.129. The molecular weight excluding hydrogens is 226 g/mol. The number of rotatable bonds is 5. The molecule has 0 heterocycles. The van der Waals surface area contributed by atoms with E-state index in [0.717, 1.165) is 12.1 Å². The summed E-state index contributed by atoms with van der Waals surface area (Å²) in [6.45, 7) is 0.969. The number of amides is 1. The molecule has 0 radical (unpaired) electrons. The van der Waals surface area contributed by atoms with E-state index in [-0.39, 0.29) is 17.9 Å². The average molecular weight is 242 g/mol. The van der Waals surface area contributed by atoms with Crippen LogP contribution in [0.25, 0.3) is 0 Å². The fourth-order valence-corrected chi connectivity index (χ4v) is 1.44. The maximum atomic E-state index is 13.3. The second-order valence-electron chi connectivity index (χ2n) is 3.83. The number of likely N-dealkylation sites (N-methyl/N-ethyl adjacent to an activating group) is 1. The zero-order valence-corrected chi connectivity index (χ0v) is 9.75. The van der Waals surface area contributed by atoms with Gasteiger partial charge in [0.1, 0.15) is 11.6 Å². The molecule has 0 unspecified atom stereocenters. The van der Waals surface area contributed by atoms with Gasteiger partial charge in [-0.1, -0.05) is 6.07 Å². The van der Waals surface area contributed by atoms with Gasteiger partial charge in [-0.2, -0.15) is 0 Å². The molecule has 0 aliphatic carbocycles. The van der Waals surface area contributed by atoms with Gasteiger partial charge in [0, 0.05) is 19.2 Å². The van der Waals surface area contributed by atoms with Crippen molar-refractivity contribution >= 4 is 5.91 Å². The number of halogens is 2. The van der Waals surface area contributed by atoms with Crippen molar-refractivity contribution in [1.82, 2.24) is 4.90 Å². The molecule has 1 aromatic rings. The first-order valence-corrected chi connectivity index (χ1v) is 5.43. The van der Waals surface area contributed by atoms with Crippen LogP contribution in [-0.4, -0.2) is 30.9 Å². The lowest BCUT2D eigenvalue weighted by atomic mass is 10.1. The lowest BCUT2D eigenvalue weighted by Gasteiger charge is -2.17. The predicted molar refractivity (Wildman–Crippen MR) is 61.4 cm³/mol. The zero-order valence-electron chi connectivity index (χ0n) is 9.75. The van der Waals surface area contributed by atoms with Gasteiger partial charge in [-0.15, -0.1) is 0 Å². The second kappa shape index (κ2) is 6.30. The minimum absolute atomic E-state index is 0.183. The molecular formula is C12H16F2N2O. The van der Waals surface area contributed by atoms with Gasteiger partial charge in [0.25, 0.3) is 0 Å². The molecule has 1 aromatic carbocycles. The molecule has 0 aliphatic heterocycles. The normalized spacial score (nSPS) is 10.4. The SMILES string of the molecule is CN(CCCN)C(=O)Cc1c(F)cccc1F. The first-order valence-electron chi connectivity index (χ1n) is 5.43. The zero-order chi connectivity index (χ0) is 12.8. The third-order valence-electron chi connectivity index (χ3n) is 2.51. The first kappa shape index (κ1) is 13.6. The summed E-state index contributed by atoms with van der Waals surface area (Å²) in [5.74, 6) is -1.70. The van der Waals surface area contributed by atoms with E-state index in [2.05, 4.69) is 0 Å². The van der Waals surface area contributed by atoms with Crippen LogP contribution < -0.4 is 5.73 Å². The Balaban J connectivity index is 2.68. The molecule has 17 heavy (non-hydrogen) atoms. The predicted octanol–water partition coefficient (Wildman–Crippen LogP) is 1.31. The molecule has 3 nitrogen and oxygen atoms in total. The summed E-state index contributed by atoms with van der Waals surface area (Å²) >= 11 is 0. The van der Waals surface area contributed by atoms with Crippen molar-refractivity contribution in [3.63, 3.8) is 0 Å². The Labute approximate surface area is 99.2 Å². The van der Waals surface area contributed by atoms with Gasteiger partial charge >= 0.3 is 0 Å². The van der Waals surface area contributed by atoms with Crippen LogP contribution in [0.2, 0.25) is 0 Å². The van der Waals surface area contributed by atoms with Crippen LogP contribution >= 0.6 is 0 Å². The fraction of sp³-hybridized carbons (Fsp3) is 0.417. The van der Waals surface area contributed by atoms with Gasteiger partial charge in [0.2, 0.25) is 5.91 Å². The molecule has 1 rings (SSSR count). The number of hydrogen-bond acceptors (Lipinski definition) is 2. The Morgan fingerprint density at radius 2 is 1.94 bits per heavy atom. The molecule has 94 valence electrons. The van der Waals surface area contributed by atoms with Crippen molar-refractivity contribution in [1.29, 1.82) is 0 Å². The molecule has 0 saturated carbocycles. The quantitative estimate of drug-likeness (QED) is 0.846. The van der Waals surface area contributed by atoms with Crippen LogP contribution in [0.15, 0.2) is 18.2 Å². The molecule has 0 aliphatic rings. The number of carbonyl (C=O) groups excluding carboxylic acids is 1. The van der Waals surface area contributed by atoms with Crippen LogP contribution in [0.5, 0.6) is 0 Å². The Hall–Kier alpha value is -1.49. The van der Waals surface area contributed by atoms with Gasteiger partial charge < -0.3 is 10.6 Å². The average Bonchev–Trinajstić information content (AvgIpc) is 2.30. The van der Waals surface area contributed by atoms with E-state index >= 15 is 0 Å². The molecule has 0 fully saturated rings. The molecule has 0 saturated heterocycles. The first-order chi connectivity index (χ1) is 8.06. The largest absolute Gasteiger partial charge is 0.345 e. The summed E-state index contributed by atoms with van der Waals surface area (Å²) in [6, 6.07) is 3.56. The minimum Gasteiger partial charge on any atom is -0.345 e. The van der Waals surface area contributed by atoms with E-state index in [4.69, 9.17) is 5.73 Å². The molecule has 1 amide bonds. The highest BCUT2D eigenvalue weighted by Crippen LogP contribution is 2.13. The van der Waals surface area contributed by atoms with Gasteiger partial charge in [0.05, 0.1) is 6.42 Å². The number of hydrogen-bond donors (Lipinski definition) is 1. The number of benzene rings is 1. The summed E-state index contributed by atoms with van der Waals surface area (Å²) in [5.41, 5.74) is 5.14. The van der Waals surface area contributed by atoms with Gasteiger partial charge in [-0.25, -0.2) is 8.78 Å². The van der Waals surface area contributed by atoms with Crippen molar-refractivity contribution in [2.45, 2.75) is 12.8 Å². The van der Waals surface area contributed by atoms with Crippen LogP contribution in [0.1, 0.15) is 12.0 Å². The van der Waals surface area contributed by atoms with E-state index < -0.39 is 11.6 Å². The summed E-state index contributed by atoms with van der Waals surface area (Å²) in [6.07, 6.45) is 0.404. The van der Waals surface area contributed by atoms with E-state index in [0.29, 0.717) is 19.5 Å². The van der Waals surface area contributed by atoms with Gasteiger partial charge in [-0.05, 0) is 25.1 Å². The highest BCUT2D eigenvalue weighted by molar-refractivity contribution is 5.78. The number of carbonyl (C=O) groups is 1. The Morgan fingerprint density at radius 3 is 2.47 bits per heavy atom. The summed E-state index contributed by atoms with van der Waals surface area (Å²) in [7, 11) is 1.59. The van der Waals surface area contributed by atoms with Crippen molar-refractivity contribution < 1.29 is 13.6 Å². The maximum Gasteiger partial charge on any atom is 0.226 e. The van der Waals surface area contributed by atoms with E-state index in [1.807, 2.05) is 0 Å². The topological polar surface area (TPSA) is 46.3 Å². The summed E-state index contributed by atoms with van der Waals surface area (Å²) in [4.78, 5) is 13.1. The van der Waals surface area contributed by atoms with Crippen LogP contribution in [-0.2, 0) is 11.2 Å².